The molecule has 2 heterocycles. The predicted octanol–water partition coefficient (Wildman–Crippen LogP) is 3.19. The van der Waals surface area contributed by atoms with E-state index in [9.17, 15) is 9.59 Å². The first-order chi connectivity index (χ1) is 12.5. The molecule has 134 valence electrons. The van der Waals surface area contributed by atoms with Gasteiger partial charge < -0.3 is 18.6 Å². The van der Waals surface area contributed by atoms with Gasteiger partial charge in [0.1, 0.15) is 0 Å². The fraction of sp³-hybridized carbons (Fsp3) is 0.211. The molecule has 7 heteroatoms. The van der Waals surface area contributed by atoms with Crippen LogP contribution in [0.3, 0.4) is 0 Å². The molecule has 0 atom stereocenters. The van der Waals surface area contributed by atoms with Gasteiger partial charge in [-0.3, -0.25) is 4.79 Å². The molecular weight excluding hydrogens is 338 g/mol. The molecule has 7 nitrogen and oxygen atoms in total. The van der Waals surface area contributed by atoms with E-state index >= 15 is 0 Å². The van der Waals surface area contributed by atoms with Crippen LogP contribution in [0.1, 0.15) is 25.2 Å². The van der Waals surface area contributed by atoms with E-state index in [2.05, 4.69) is 4.99 Å². The number of benzene rings is 1. The molecule has 0 unspecified atom stereocenters. The van der Waals surface area contributed by atoms with Crippen LogP contribution in [0.25, 0.3) is 6.08 Å². The van der Waals surface area contributed by atoms with Crippen LogP contribution >= 0.6 is 0 Å². The van der Waals surface area contributed by atoms with Crippen molar-refractivity contribution < 1.29 is 28.2 Å². The second kappa shape index (κ2) is 7.26. The molecule has 1 aliphatic heterocycles. The van der Waals surface area contributed by atoms with Crippen molar-refractivity contribution in [1.29, 1.82) is 0 Å². The molecule has 0 radical (unpaired) electrons. The summed E-state index contributed by atoms with van der Waals surface area (Å²) in [7, 11) is 1.47. The van der Waals surface area contributed by atoms with E-state index in [0.717, 1.165) is 0 Å². The maximum Gasteiger partial charge on any atom is 0.363 e. The van der Waals surface area contributed by atoms with Crippen LogP contribution in [0.15, 0.2) is 51.7 Å². The minimum Gasteiger partial charge on any atom is -0.493 e. The largest absolute Gasteiger partial charge is 0.493 e. The molecule has 3 rings (SSSR count). The summed E-state index contributed by atoms with van der Waals surface area (Å²) < 4.78 is 20.8. The molecule has 0 aliphatic carbocycles. The Balaban J connectivity index is 1.87. The molecule has 0 N–H and O–H groups in total. The number of carbonyl (C=O) groups excluding carboxylic acids is 2. The van der Waals surface area contributed by atoms with E-state index < -0.39 is 5.97 Å². The topological polar surface area (TPSA) is 87.3 Å². The van der Waals surface area contributed by atoms with Gasteiger partial charge in [-0.15, -0.1) is 0 Å². The van der Waals surface area contributed by atoms with E-state index in [0.29, 0.717) is 22.8 Å². The number of methoxy groups -OCH3 is 1. The third kappa shape index (κ3) is 3.66. The van der Waals surface area contributed by atoms with Crippen LogP contribution in [0, 0.1) is 5.92 Å². The zero-order chi connectivity index (χ0) is 18.7. The average Bonchev–Trinajstić information content (AvgIpc) is 3.26. The van der Waals surface area contributed by atoms with Crippen LogP contribution in [0.5, 0.6) is 11.5 Å². The monoisotopic (exact) mass is 355 g/mol. The molecule has 1 aromatic heterocycles. The second-order valence-corrected chi connectivity index (χ2v) is 5.80. The first kappa shape index (κ1) is 17.5. The Kier molecular flexibility index (Phi) is 4.88. The smallest absolute Gasteiger partial charge is 0.363 e. The van der Waals surface area contributed by atoms with Crippen molar-refractivity contribution in [2.24, 2.45) is 10.9 Å². The third-order valence-electron chi connectivity index (χ3n) is 3.53. The lowest BCUT2D eigenvalue weighted by atomic mass is 10.1. The summed E-state index contributed by atoms with van der Waals surface area (Å²) in [5, 5.41) is 0. The van der Waals surface area contributed by atoms with E-state index in [4.69, 9.17) is 18.6 Å². The highest BCUT2D eigenvalue weighted by Crippen LogP contribution is 2.30. The van der Waals surface area contributed by atoms with Crippen LogP contribution in [-0.2, 0) is 14.3 Å². The van der Waals surface area contributed by atoms with Crippen LogP contribution < -0.4 is 9.47 Å². The van der Waals surface area contributed by atoms with Gasteiger partial charge in [0, 0.05) is 0 Å². The molecule has 26 heavy (non-hydrogen) atoms. The number of nitrogens with zero attached hydrogens (tertiary/aromatic N) is 1. The van der Waals surface area contributed by atoms with Crippen molar-refractivity contribution in [3.8, 4) is 11.5 Å². The van der Waals surface area contributed by atoms with Gasteiger partial charge in [0.25, 0.3) is 5.90 Å². The Morgan fingerprint density at radius 2 is 2.04 bits per heavy atom. The van der Waals surface area contributed by atoms with Crippen LogP contribution in [0.2, 0.25) is 0 Å². The molecule has 0 saturated carbocycles. The first-order valence-corrected chi connectivity index (χ1v) is 7.94. The number of esters is 2. The average molecular weight is 355 g/mol. The number of rotatable bonds is 5. The molecule has 1 aromatic carbocycles. The standard InChI is InChI=1S/C19H17NO6/c1-11(2)18(21)25-14-7-6-12(10-16(14)23-3)9-13-19(22)26-17(20-13)15-5-4-8-24-15/h4-11H,1-3H3. The Morgan fingerprint density at radius 1 is 1.23 bits per heavy atom. The number of ether oxygens (including phenoxy) is 3. The molecule has 0 bridgehead atoms. The summed E-state index contributed by atoms with van der Waals surface area (Å²) in [6, 6.07) is 8.25. The highest BCUT2D eigenvalue weighted by atomic mass is 16.6. The van der Waals surface area contributed by atoms with Gasteiger partial charge >= 0.3 is 11.9 Å². The van der Waals surface area contributed by atoms with Gasteiger partial charge in [-0.05, 0) is 35.9 Å². The zero-order valence-corrected chi connectivity index (χ0v) is 14.5. The number of cyclic esters (lactones) is 1. The molecular formula is C19H17NO6. The lowest BCUT2D eigenvalue weighted by molar-refractivity contribution is -0.137. The highest BCUT2D eigenvalue weighted by molar-refractivity contribution is 6.11. The number of aliphatic imine (C=N–C) groups is 1. The van der Waals surface area contributed by atoms with Crippen LogP contribution in [0.4, 0.5) is 0 Å². The first-order valence-electron chi connectivity index (χ1n) is 7.94. The molecule has 0 spiro atoms. The zero-order valence-electron chi connectivity index (χ0n) is 14.5. The lowest BCUT2D eigenvalue weighted by Crippen LogP contribution is -2.15. The van der Waals surface area contributed by atoms with E-state index in [1.807, 2.05) is 0 Å². The normalized spacial score (nSPS) is 15.2. The van der Waals surface area contributed by atoms with Gasteiger partial charge in [-0.2, -0.15) is 0 Å². The summed E-state index contributed by atoms with van der Waals surface area (Å²) in [5.74, 6) is -0.0377. The van der Waals surface area contributed by atoms with Gasteiger partial charge in [-0.1, -0.05) is 19.9 Å². The Labute approximate surface area is 149 Å². The van der Waals surface area contributed by atoms with Gasteiger partial charge in [-0.25, -0.2) is 9.79 Å². The van der Waals surface area contributed by atoms with Crippen molar-refractivity contribution in [3.63, 3.8) is 0 Å². The van der Waals surface area contributed by atoms with Crippen molar-refractivity contribution in [1.82, 2.24) is 0 Å². The predicted molar refractivity (Wildman–Crippen MR) is 92.8 cm³/mol. The van der Waals surface area contributed by atoms with Gasteiger partial charge in [0.05, 0.1) is 19.3 Å². The summed E-state index contributed by atoms with van der Waals surface area (Å²) in [6.07, 6.45) is 3.02. The molecule has 2 aromatic rings. The van der Waals surface area contributed by atoms with Crippen molar-refractivity contribution >= 4 is 23.9 Å². The number of carbonyl (C=O) groups is 2. The van der Waals surface area contributed by atoms with Crippen molar-refractivity contribution in [2.45, 2.75) is 13.8 Å². The highest BCUT2D eigenvalue weighted by Gasteiger charge is 2.26. The minimum atomic E-state index is -0.578. The van der Waals surface area contributed by atoms with E-state index in [1.54, 1.807) is 50.3 Å². The second-order valence-electron chi connectivity index (χ2n) is 5.80. The van der Waals surface area contributed by atoms with Crippen molar-refractivity contribution in [2.75, 3.05) is 7.11 Å². The summed E-state index contributed by atoms with van der Waals surface area (Å²) in [4.78, 5) is 27.9. The Bertz CT molecular complexity index is 893. The number of furan rings is 1. The fourth-order valence-corrected chi connectivity index (χ4v) is 2.16. The summed E-state index contributed by atoms with van der Waals surface area (Å²) in [5.41, 5.74) is 0.771. The molecule has 0 saturated heterocycles. The minimum absolute atomic E-state index is 0.112. The maximum atomic E-state index is 12.0. The quantitative estimate of drug-likeness (QED) is 0.465. The third-order valence-corrected chi connectivity index (χ3v) is 3.53. The molecule has 0 amide bonds. The van der Waals surface area contributed by atoms with E-state index in [1.165, 1.54) is 13.4 Å². The Hall–Kier alpha value is -3.35. The number of hydrogen-bond acceptors (Lipinski definition) is 7. The summed E-state index contributed by atoms with van der Waals surface area (Å²) >= 11 is 0. The Morgan fingerprint density at radius 3 is 2.69 bits per heavy atom. The SMILES string of the molecule is COc1cc(C=C2N=C(c3ccco3)OC2=O)ccc1OC(=O)C(C)C. The number of hydrogen-bond donors (Lipinski definition) is 0. The lowest BCUT2D eigenvalue weighted by Gasteiger charge is -2.11. The summed E-state index contributed by atoms with van der Waals surface area (Å²) in [6.45, 7) is 3.49. The van der Waals surface area contributed by atoms with Gasteiger partial charge in [0.15, 0.2) is 23.0 Å². The maximum absolute atomic E-state index is 12.0. The van der Waals surface area contributed by atoms with E-state index in [-0.39, 0.29) is 23.5 Å². The molecule has 1 aliphatic rings. The van der Waals surface area contributed by atoms with Crippen LogP contribution in [-0.4, -0.2) is 24.9 Å². The van der Waals surface area contributed by atoms with Crippen molar-refractivity contribution in [3.05, 3.63) is 53.6 Å². The fourth-order valence-electron chi connectivity index (χ4n) is 2.16. The molecule has 0 fully saturated rings. The van der Waals surface area contributed by atoms with Gasteiger partial charge in [0.2, 0.25) is 0 Å².